The standard InChI is InChI=1S/C23H19N3O4S/c1-12-10-16-11-15(8-9-17(16)30-12)20(27)18-19(14-6-4-3-5-7-14)26(22(29)21(18)28)23-25-24-13(2)31-23/h3-9,11-12,19,27H,10H2,1-2H3/b20-18+/t12-,19-/m1/s1. The van der Waals surface area contributed by atoms with Gasteiger partial charge in [-0.2, -0.15) is 0 Å². The van der Waals surface area contributed by atoms with Gasteiger partial charge in [-0.25, -0.2) is 0 Å². The molecule has 2 aliphatic heterocycles. The van der Waals surface area contributed by atoms with Gasteiger partial charge in [0.2, 0.25) is 5.13 Å². The molecular formula is C23H19N3O4S. The quantitative estimate of drug-likeness (QED) is 0.384. The van der Waals surface area contributed by atoms with Crippen LogP contribution in [0.15, 0.2) is 54.1 Å². The smallest absolute Gasteiger partial charge is 0.301 e. The molecule has 0 bridgehead atoms. The Morgan fingerprint density at radius 1 is 1.16 bits per heavy atom. The fourth-order valence-corrected chi connectivity index (χ4v) is 4.80. The number of aromatic nitrogens is 2. The van der Waals surface area contributed by atoms with Gasteiger partial charge >= 0.3 is 5.91 Å². The first-order valence-corrected chi connectivity index (χ1v) is 10.7. The van der Waals surface area contributed by atoms with Gasteiger partial charge in [0.25, 0.3) is 5.78 Å². The molecule has 31 heavy (non-hydrogen) atoms. The molecule has 2 aromatic carbocycles. The second-order valence-corrected chi connectivity index (χ2v) is 8.80. The first-order valence-electron chi connectivity index (χ1n) is 9.90. The molecule has 2 aliphatic rings. The van der Waals surface area contributed by atoms with E-state index in [-0.39, 0.29) is 17.4 Å². The van der Waals surface area contributed by atoms with Crippen LogP contribution in [0.2, 0.25) is 0 Å². The van der Waals surface area contributed by atoms with E-state index >= 15 is 0 Å². The number of carbonyl (C=O) groups is 2. The van der Waals surface area contributed by atoms with E-state index in [1.807, 2.05) is 43.3 Å². The predicted octanol–water partition coefficient (Wildman–Crippen LogP) is 3.80. The molecule has 5 rings (SSSR count). The molecule has 0 unspecified atom stereocenters. The van der Waals surface area contributed by atoms with Crippen LogP contribution >= 0.6 is 11.3 Å². The maximum atomic E-state index is 13.1. The lowest BCUT2D eigenvalue weighted by atomic mass is 9.94. The Morgan fingerprint density at radius 3 is 2.65 bits per heavy atom. The number of carbonyl (C=O) groups excluding carboxylic acids is 2. The predicted molar refractivity (Wildman–Crippen MR) is 116 cm³/mol. The molecule has 0 saturated carbocycles. The number of amides is 1. The number of benzene rings is 2. The van der Waals surface area contributed by atoms with E-state index < -0.39 is 17.7 Å². The molecule has 0 aliphatic carbocycles. The Balaban J connectivity index is 1.68. The lowest BCUT2D eigenvalue weighted by Gasteiger charge is -2.22. The summed E-state index contributed by atoms with van der Waals surface area (Å²) in [5, 5.41) is 20.3. The summed E-state index contributed by atoms with van der Waals surface area (Å²) in [6.45, 7) is 3.76. The minimum Gasteiger partial charge on any atom is -0.507 e. The van der Waals surface area contributed by atoms with Crippen LogP contribution in [0.5, 0.6) is 5.75 Å². The van der Waals surface area contributed by atoms with Gasteiger partial charge in [-0.15, -0.1) is 10.2 Å². The van der Waals surface area contributed by atoms with Crippen LogP contribution in [-0.2, 0) is 16.0 Å². The topological polar surface area (TPSA) is 92.6 Å². The molecule has 2 atom stereocenters. The number of Topliss-reactive ketones (excluding diaryl/α,β-unsaturated/α-hetero) is 1. The summed E-state index contributed by atoms with van der Waals surface area (Å²) >= 11 is 1.23. The van der Waals surface area contributed by atoms with E-state index in [1.165, 1.54) is 16.2 Å². The largest absolute Gasteiger partial charge is 0.507 e. The van der Waals surface area contributed by atoms with Crippen molar-refractivity contribution in [3.63, 3.8) is 0 Å². The van der Waals surface area contributed by atoms with Gasteiger partial charge in [-0.1, -0.05) is 41.7 Å². The van der Waals surface area contributed by atoms with Gasteiger partial charge in [0, 0.05) is 12.0 Å². The summed E-state index contributed by atoms with van der Waals surface area (Å²) in [4.78, 5) is 27.5. The highest BCUT2D eigenvalue weighted by Gasteiger charge is 2.48. The van der Waals surface area contributed by atoms with Crippen LogP contribution in [0.3, 0.4) is 0 Å². The van der Waals surface area contributed by atoms with Gasteiger partial charge < -0.3 is 9.84 Å². The third kappa shape index (κ3) is 3.19. The SMILES string of the molecule is Cc1nnc(N2C(=O)C(=O)/C(=C(/O)c3ccc4c(c3)C[C@@H](C)O4)[C@H]2c2ccccc2)s1. The van der Waals surface area contributed by atoms with Gasteiger partial charge in [-0.3, -0.25) is 14.5 Å². The van der Waals surface area contributed by atoms with Gasteiger partial charge in [0.1, 0.15) is 22.6 Å². The van der Waals surface area contributed by atoms with Gasteiger partial charge in [-0.05, 0) is 43.2 Å². The maximum absolute atomic E-state index is 13.1. The van der Waals surface area contributed by atoms with E-state index in [0.717, 1.165) is 17.7 Å². The van der Waals surface area contributed by atoms with Crippen molar-refractivity contribution in [3.05, 3.63) is 75.8 Å². The molecule has 1 amide bonds. The number of anilines is 1. The monoisotopic (exact) mass is 433 g/mol. The zero-order valence-electron chi connectivity index (χ0n) is 16.9. The summed E-state index contributed by atoms with van der Waals surface area (Å²) in [6, 6.07) is 13.7. The summed E-state index contributed by atoms with van der Waals surface area (Å²) < 4.78 is 5.73. The lowest BCUT2D eigenvalue weighted by molar-refractivity contribution is -0.132. The first-order chi connectivity index (χ1) is 14.9. The molecular weight excluding hydrogens is 414 g/mol. The summed E-state index contributed by atoms with van der Waals surface area (Å²) in [5.74, 6) is -0.916. The van der Waals surface area contributed by atoms with E-state index in [0.29, 0.717) is 21.3 Å². The number of aliphatic hydroxyl groups excluding tert-OH is 1. The maximum Gasteiger partial charge on any atom is 0.301 e. The fraction of sp³-hybridized carbons (Fsp3) is 0.217. The van der Waals surface area contributed by atoms with E-state index in [1.54, 1.807) is 19.1 Å². The Kier molecular flexibility index (Phi) is 4.59. The van der Waals surface area contributed by atoms with Crippen molar-refractivity contribution in [2.75, 3.05) is 4.90 Å². The van der Waals surface area contributed by atoms with E-state index in [2.05, 4.69) is 10.2 Å². The Hall–Kier alpha value is -3.52. The molecule has 1 fully saturated rings. The zero-order chi connectivity index (χ0) is 21.7. The van der Waals surface area contributed by atoms with Crippen LogP contribution in [-0.4, -0.2) is 33.1 Å². The number of nitrogens with zero attached hydrogens (tertiary/aromatic N) is 3. The van der Waals surface area contributed by atoms with Gasteiger partial charge in [0.15, 0.2) is 0 Å². The molecule has 1 aromatic heterocycles. The number of rotatable bonds is 3. The molecule has 0 radical (unpaired) electrons. The molecule has 8 heteroatoms. The number of aryl methyl sites for hydroxylation is 1. The third-order valence-electron chi connectivity index (χ3n) is 5.45. The van der Waals surface area contributed by atoms with Crippen molar-refractivity contribution in [2.45, 2.75) is 32.4 Å². The summed E-state index contributed by atoms with van der Waals surface area (Å²) in [6.07, 6.45) is 0.777. The minimum absolute atomic E-state index is 0.0379. The molecule has 0 spiro atoms. The molecule has 1 N–H and O–H groups in total. The second-order valence-electron chi connectivity index (χ2n) is 7.64. The van der Waals surface area contributed by atoms with Crippen molar-refractivity contribution >= 4 is 33.9 Å². The van der Waals surface area contributed by atoms with E-state index in [4.69, 9.17) is 4.74 Å². The van der Waals surface area contributed by atoms with Crippen molar-refractivity contribution in [3.8, 4) is 5.75 Å². The Bertz CT molecular complexity index is 1230. The van der Waals surface area contributed by atoms with Crippen LogP contribution in [0.25, 0.3) is 5.76 Å². The molecule has 1 saturated heterocycles. The van der Waals surface area contributed by atoms with Crippen LogP contribution < -0.4 is 9.64 Å². The van der Waals surface area contributed by atoms with Crippen molar-refractivity contribution in [1.82, 2.24) is 10.2 Å². The number of hydrogen-bond acceptors (Lipinski definition) is 7. The molecule has 3 heterocycles. The third-order valence-corrected chi connectivity index (χ3v) is 6.29. The van der Waals surface area contributed by atoms with Crippen LogP contribution in [0.4, 0.5) is 5.13 Å². The average molecular weight is 433 g/mol. The normalized spacial score (nSPS) is 21.9. The Morgan fingerprint density at radius 2 is 1.94 bits per heavy atom. The molecule has 3 aromatic rings. The zero-order valence-corrected chi connectivity index (χ0v) is 17.7. The van der Waals surface area contributed by atoms with Crippen molar-refractivity contribution in [1.29, 1.82) is 0 Å². The molecule has 7 nitrogen and oxygen atoms in total. The fourth-order valence-electron chi connectivity index (χ4n) is 4.09. The number of aliphatic hydroxyl groups is 1. The number of fused-ring (bicyclic) bond motifs is 1. The van der Waals surface area contributed by atoms with Crippen molar-refractivity contribution in [2.24, 2.45) is 0 Å². The lowest BCUT2D eigenvalue weighted by Crippen LogP contribution is -2.29. The van der Waals surface area contributed by atoms with Crippen LogP contribution in [0, 0.1) is 6.92 Å². The summed E-state index contributed by atoms with van der Waals surface area (Å²) in [7, 11) is 0. The molecule has 156 valence electrons. The minimum atomic E-state index is -0.794. The number of hydrogen-bond donors (Lipinski definition) is 1. The second kappa shape index (κ2) is 7.31. The highest BCUT2D eigenvalue weighted by molar-refractivity contribution is 7.15. The highest BCUT2D eigenvalue weighted by Crippen LogP contribution is 2.43. The highest BCUT2D eigenvalue weighted by atomic mass is 32.1. The van der Waals surface area contributed by atoms with Crippen molar-refractivity contribution < 1.29 is 19.4 Å². The Labute approximate surface area is 182 Å². The van der Waals surface area contributed by atoms with Crippen LogP contribution in [0.1, 0.15) is 34.7 Å². The first kappa shape index (κ1) is 19.4. The summed E-state index contributed by atoms with van der Waals surface area (Å²) in [5.41, 5.74) is 2.18. The number of ether oxygens (including phenoxy) is 1. The van der Waals surface area contributed by atoms with E-state index in [9.17, 15) is 14.7 Å². The van der Waals surface area contributed by atoms with Gasteiger partial charge in [0.05, 0.1) is 11.6 Å². The number of ketones is 1. The average Bonchev–Trinajstić information content (AvgIpc) is 3.43.